The van der Waals surface area contributed by atoms with Crippen LogP contribution in [-0.4, -0.2) is 24.9 Å². The van der Waals surface area contributed by atoms with Crippen LogP contribution in [0.5, 0.6) is 0 Å². The van der Waals surface area contributed by atoms with Crippen LogP contribution in [0.4, 0.5) is 0 Å². The Morgan fingerprint density at radius 1 is 1.22 bits per heavy atom. The highest BCUT2D eigenvalue weighted by molar-refractivity contribution is 7.12. The maximum atomic E-state index is 11.5. The van der Waals surface area contributed by atoms with E-state index in [1.807, 2.05) is 11.4 Å². The minimum absolute atomic E-state index is 0.0461. The average Bonchev–Trinajstić information content (AvgIpc) is 2.89. The molecule has 0 aliphatic heterocycles. The molecule has 2 N–H and O–H groups in total. The van der Waals surface area contributed by atoms with Crippen LogP contribution in [0.1, 0.15) is 42.3 Å². The maximum Gasteiger partial charge on any atom is 0.261 e. The molecule has 2 amide bonds. The Balaban J connectivity index is 2.08. The minimum Gasteiger partial charge on any atom is -0.355 e. The molecule has 0 bridgehead atoms. The van der Waals surface area contributed by atoms with E-state index in [1.165, 1.54) is 24.2 Å². The first kappa shape index (κ1) is 14.7. The van der Waals surface area contributed by atoms with E-state index in [0.717, 1.165) is 12.8 Å². The van der Waals surface area contributed by atoms with Gasteiger partial charge in [0, 0.05) is 6.54 Å². The predicted molar refractivity (Wildman–Crippen MR) is 73.8 cm³/mol. The van der Waals surface area contributed by atoms with Gasteiger partial charge in [-0.1, -0.05) is 32.3 Å². The molecule has 18 heavy (non-hydrogen) atoms. The van der Waals surface area contributed by atoms with Crippen molar-refractivity contribution < 1.29 is 9.59 Å². The van der Waals surface area contributed by atoms with E-state index in [2.05, 4.69) is 17.6 Å². The van der Waals surface area contributed by atoms with E-state index in [-0.39, 0.29) is 18.4 Å². The molecule has 0 radical (unpaired) electrons. The fourth-order valence-corrected chi connectivity index (χ4v) is 2.14. The quantitative estimate of drug-likeness (QED) is 0.710. The molecule has 0 aliphatic carbocycles. The molecule has 5 heteroatoms. The molecule has 1 aromatic rings. The maximum absolute atomic E-state index is 11.5. The fraction of sp³-hybridized carbons (Fsp3) is 0.538. The van der Waals surface area contributed by atoms with Gasteiger partial charge in [0.25, 0.3) is 5.91 Å². The second-order valence-electron chi connectivity index (χ2n) is 4.07. The van der Waals surface area contributed by atoms with Crippen molar-refractivity contribution in [1.82, 2.24) is 10.6 Å². The Kier molecular flexibility index (Phi) is 7.10. The SMILES string of the molecule is CCCCCCNC(=O)CNC(=O)c1cccs1. The van der Waals surface area contributed by atoms with Crippen LogP contribution >= 0.6 is 11.3 Å². The predicted octanol–water partition coefficient (Wildman–Crippen LogP) is 2.17. The Bertz CT molecular complexity index is 363. The zero-order chi connectivity index (χ0) is 13.2. The number of unbranched alkanes of at least 4 members (excludes halogenated alkanes) is 3. The highest BCUT2D eigenvalue weighted by atomic mass is 32.1. The average molecular weight is 268 g/mol. The summed E-state index contributed by atoms with van der Waals surface area (Å²) in [6.07, 6.45) is 4.52. The van der Waals surface area contributed by atoms with Gasteiger partial charge < -0.3 is 10.6 Å². The van der Waals surface area contributed by atoms with Crippen LogP contribution in [0.2, 0.25) is 0 Å². The number of carbonyl (C=O) groups excluding carboxylic acids is 2. The number of nitrogens with one attached hydrogen (secondary N) is 2. The molecule has 1 rings (SSSR count). The Morgan fingerprint density at radius 3 is 2.72 bits per heavy atom. The monoisotopic (exact) mass is 268 g/mol. The highest BCUT2D eigenvalue weighted by Gasteiger charge is 2.07. The number of carbonyl (C=O) groups is 2. The molecule has 0 aromatic carbocycles. The van der Waals surface area contributed by atoms with Crippen LogP contribution in [0, 0.1) is 0 Å². The first-order valence-corrected chi connectivity index (χ1v) is 7.20. The van der Waals surface area contributed by atoms with Crippen LogP contribution in [0.15, 0.2) is 17.5 Å². The van der Waals surface area contributed by atoms with E-state index in [0.29, 0.717) is 11.4 Å². The molecule has 0 atom stereocenters. The lowest BCUT2D eigenvalue weighted by Gasteiger charge is -2.05. The molecule has 0 aliphatic rings. The van der Waals surface area contributed by atoms with Gasteiger partial charge in [-0.3, -0.25) is 9.59 Å². The third-order valence-electron chi connectivity index (χ3n) is 2.51. The van der Waals surface area contributed by atoms with Crippen molar-refractivity contribution in [2.24, 2.45) is 0 Å². The second-order valence-corrected chi connectivity index (χ2v) is 5.02. The lowest BCUT2D eigenvalue weighted by molar-refractivity contribution is -0.120. The lowest BCUT2D eigenvalue weighted by atomic mass is 10.2. The van der Waals surface area contributed by atoms with Crippen LogP contribution in [0.25, 0.3) is 0 Å². The Hall–Kier alpha value is -1.36. The van der Waals surface area contributed by atoms with E-state index in [1.54, 1.807) is 6.07 Å². The highest BCUT2D eigenvalue weighted by Crippen LogP contribution is 2.07. The van der Waals surface area contributed by atoms with Crippen LogP contribution < -0.4 is 10.6 Å². The Morgan fingerprint density at radius 2 is 2.06 bits per heavy atom. The van der Waals surface area contributed by atoms with Gasteiger partial charge in [-0.05, 0) is 17.9 Å². The molecule has 100 valence electrons. The van der Waals surface area contributed by atoms with Gasteiger partial charge >= 0.3 is 0 Å². The van der Waals surface area contributed by atoms with Gasteiger partial charge in [0.1, 0.15) is 0 Å². The molecule has 4 nitrogen and oxygen atoms in total. The molecular weight excluding hydrogens is 248 g/mol. The summed E-state index contributed by atoms with van der Waals surface area (Å²) in [6.45, 7) is 2.89. The number of thiophene rings is 1. The molecule has 0 fully saturated rings. The number of hydrogen-bond acceptors (Lipinski definition) is 3. The summed E-state index contributed by atoms with van der Waals surface area (Å²) in [6, 6.07) is 3.55. The molecule has 1 aromatic heterocycles. The summed E-state index contributed by atoms with van der Waals surface area (Å²) in [7, 11) is 0. The fourth-order valence-electron chi connectivity index (χ4n) is 1.50. The van der Waals surface area contributed by atoms with Gasteiger partial charge in [0.2, 0.25) is 5.91 Å². The summed E-state index contributed by atoms with van der Waals surface area (Å²) in [5.74, 6) is -0.317. The zero-order valence-electron chi connectivity index (χ0n) is 10.7. The van der Waals surface area contributed by atoms with E-state index in [9.17, 15) is 9.59 Å². The summed E-state index contributed by atoms with van der Waals surface area (Å²) >= 11 is 1.37. The van der Waals surface area contributed by atoms with Crippen LogP contribution in [-0.2, 0) is 4.79 Å². The molecule has 0 saturated carbocycles. The largest absolute Gasteiger partial charge is 0.355 e. The standard InChI is InChI=1S/C13H20N2O2S/c1-2-3-4-5-8-14-12(16)10-15-13(17)11-7-6-9-18-11/h6-7,9H,2-5,8,10H2,1H3,(H,14,16)(H,15,17). The first-order chi connectivity index (χ1) is 8.74. The molecule has 1 heterocycles. The van der Waals surface area contributed by atoms with Gasteiger partial charge in [0.05, 0.1) is 11.4 Å². The number of hydrogen-bond donors (Lipinski definition) is 2. The topological polar surface area (TPSA) is 58.2 Å². The lowest BCUT2D eigenvalue weighted by Crippen LogP contribution is -2.37. The molecule has 0 saturated heterocycles. The summed E-state index contributed by atoms with van der Waals surface area (Å²) < 4.78 is 0. The van der Waals surface area contributed by atoms with Crippen molar-refractivity contribution in [3.05, 3.63) is 22.4 Å². The smallest absolute Gasteiger partial charge is 0.261 e. The van der Waals surface area contributed by atoms with Crippen molar-refractivity contribution in [3.8, 4) is 0 Å². The third kappa shape index (κ3) is 5.82. The van der Waals surface area contributed by atoms with Crippen molar-refractivity contribution in [2.75, 3.05) is 13.1 Å². The molecular formula is C13H20N2O2S. The van der Waals surface area contributed by atoms with E-state index < -0.39 is 0 Å². The summed E-state index contributed by atoms with van der Waals surface area (Å²) in [4.78, 5) is 23.6. The van der Waals surface area contributed by atoms with E-state index in [4.69, 9.17) is 0 Å². The molecule has 0 spiro atoms. The first-order valence-electron chi connectivity index (χ1n) is 6.32. The van der Waals surface area contributed by atoms with Gasteiger partial charge in [0.15, 0.2) is 0 Å². The number of amides is 2. The number of rotatable bonds is 8. The minimum atomic E-state index is -0.189. The van der Waals surface area contributed by atoms with Crippen LogP contribution in [0.3, 0.4) is 0 Å². The van der Waals surface area contributed by atoms with Gasteiger partial charge in [-0.15, -0.1) is 11.3 Å². The zero-order valence-corrected chi connectivity index (χ0v) is 11.5. The summed E-state index contributed by atoms with van der Waals surface area (Å²) in [5.41, 5.74) is 0. The van der Waals surface area contributed by atoms with Crippen molar-refractivity contribution in [2.45, 2.75) is 32.6 Å². The van der Waals surface area contributed by atoms with Gasteiger partial charge in [-0.25, -0.2) is 0 Å². The second kappa shape index (κ2) is 8.69. The summed E-state index contributed by atoms with van der Waals surface area (Å²) in [5, 5.41) is 7.22. The van der Waals surface area contributed by atoms with Crippen molar-refractivity contribution in [3.63, 3.8) is 0 Å². The molecule has 0 unspecified atom stereocenters. The third-order valence-corrected chi connectivity index (χ3v) is 3.38. The van der Waals surface area contributed by atoms with Crippen molar-refractivity contribution in [1.29, 1.82) is 0 Å². The van der Waals surface area contributed by atoms with Gasteiger partial charge in [-0.2, -0.15) is 0 Å². The normalized spacial score (nSPS) is 10.1. The van der Waals surface area contributed by atoms with E-state index >= 15 is 0 Å². The Labute approximate surface area is 112 Å². The van der Waals surface area contributed by atoms with Crippen molar-refractivity contribution >= 4 is 23.2 Å².